The molecule has 0 aliphatic heterocycles. The molecular formula is C12H10N2O4S. The summed E-state index contributed by atoms with van der Waals surface area (Å²) in [5.41, 5.74) is 1.47. The van der Waals surface area contributed by atoms with E-state index in [4.69, 9.17) is 9.84 Å². The van der Waals surface area contributed by atoms with Crippen LogP contribution in [0.25, 0.3) is 11.3 Å². The van der Waals surface area contributed by atoms with Crippen LogP contribution in [0.4, 0.5) is 5.13 Å². The van der Waals surface area contributed by atoms with E-state index in [1.807, 2.05) is 18.2 Å². The fraction of sp³-hybridized carbons (Fsp3) is 0.0833. The van der Waals surface area contributed by atoms with Gasteiger partial charge in [-0.3, -0.25) is 10.1 Å². The molecule has 6 nitrogen and oxygen atoms in total. The van der Waals surface area contributed by atoms with Crippen LogP contribution in [0.2, 0.25) is 0 Å². The second-order valence-electron chi connectivity index (χ2n) is 3.53. The molecule has 2 N–H and O–H groups in total. The predicted molar refractivity (Wildman–Crippen MR) is 70.4 cm³/mol. The first-order chi connectivity index (χ1) is 9.10. The van der Waals surface area contributed by atoms with Crippen LogP contribution in [-0.4, -0.2) is 29.1 Å². The van der Waals surface area contributed by atoms with Gasteiger partial charge < -0.3 is 9.84 Å². The number of aromatic nitrogens is 1. The van der Waals surface area contributed by atoms with Gasteiger partial charge in [0.25, 0.3) is 0 Å². The number of ether oxygens (including phenoxy) is 1. The van der Waals surface area contributed by atoms with Crippen LogP contribution in [0, 0.1) is 0 Å². The van der Waals surface area contributed by atoms with Crippen LogP contribution < -0.4 is 10.1 Å². The summed E-state index contributed by atoms with van der Waals surface area (Å²) in [6, 6.07) is 7.28. The van der Waals surface area contributed by atoms with Crippen molar-refractivity contribution in [3.63, 3.8) is 0 Å². The minimum Gasteiger partial charge on any atom is -0.497 e. The summed E-state index contributed by atoms with van der Waals surface area (Å²) in [5, 5.41) is 12.7. The van der Waals surface area contributed by atoms with Crippen LogP contribution in [-0.2, 0) is 9.59 Å². The fourth-order valence-electron chi connectivity index (χ4n) is 1.40. The highest BCUT2D eigenvalue weighted by Crippen LogP contribution is 2.27. The molecule has 7 heteroatoms. The van der Waals surface area contributed by atoms with E-state index in [1.165, 1.54) is 0 Å². The molecule has 1 heterocycles. The summed E-state index contributed by atoms with van der Waals surface area (Å²) in [6.07, 6.45) is 0. The maximum absolute atomic E-state index is 11.0. The molecule has 0 atom stereocenters. The van der Waals surface area contributed by atoms with Gasteiger partial charge in [0.2, 0.25) is 0 Å². The zero-order valence-corrected chi connectivity index (χ0v) is 10.7. The number of thiazole rings is 1. The van der Waals surface area contributed by atoms with Crippen molar-refractivity contribution in [1.82, 2.24) is 4.98 Å². The molecule has 0 aliphatic rings. The molecule has 0 saturated carbocycles. The zero-order valence-electron chi connectivity index (χ0n) is 9.91. The van der Waals surface area contributed by atoms with Gasteiger partial charge >= 0.3 is 11.9 Å². The van der Waals surface area contributed by atoms with Gasteiger partial charge in [0, 0.05) is 10.9 Å². The molecule has 0 fully saturated rings. The van der Waals surface area contributed by atoms with Crippen molar-refractivity contribution in [2.45, 2.75) is 0 Å². The van der Waals surface area contributed by atoms with E-state index >= 15 is 0 Å². The summed E-state index contributed by atoms with van der Waals surface area (Å²) in [4.78, 5) is 25.6. The minimum absolute atomic E-state index is 0.241. The Balaban J connectivity index is 2.20. The molecule has 98 valence electrons. The Morgan fingerprint density at radius 3 is 2.89 bits per heavy atom. The second kappa shape index (κ2) is 5.49. The zero-order chi connectivity index (χ0) is 13.8. The predicted octanol–water partition coefficient (Wildman–Crippen LogP) is 1.84. The first-order valence-corrected chi connectivity index (χ1v) is 6.12. The molecule has 1 aromatic carbocycles. The third kappa shape index (κ3) is 3.08. The highest BCUT2D eigenvalue weighted by Gasteiger charge is 2.13. The van der Waals surface area contributed by atoms with E-state index in [9.17, 15) is 9.59 Å². The molecule has 0 unspecified atom stereocenters. The summed E-state index contributed by atoms with van der Waals surface area (Å²) in [7, 11) is 1.57. The SMILES string of the molecule is COc1cccc(-c2csc(NC(=O)C(=O)O)n2)c1. The third-order valence-corrected chi connectivity index (χ3v) is 3.04. The van der Waals surface area contributed by atoms with E-state index in [0.29, 0.717) is 11.4 Å². The lowest BCUT2D eigenvalue weighted by atomic mass is 10.2. The molecule has 0 spiro atoms. The number of nitrogens with one attached hydrogen (secondary N) is 1. The summed E-state index contributed by atoms with van der Waals surface area (Å²) >= 11 is 1.16. The average molecular weight is 278 g/mol. The van der Waals surface area contributed by atoms with E-state index in [0.717, 1.165) is 16.9 Å². The number of benzene rings is 1. The fourth-order valence-corrected chi connectivity index (χ4v) is 2.11. The summed E-state index contributed by atoms with van der Waals surface area (Å²) in [6.45, 7) is 0. The lowest BCUT2D eigenvalue weighted by Gasteiger charge is -2.01. The third-order valence-electron chi connectivity index (χ3n) is 2.28. The van der Waals surface area contributed by atoms with Crippen LogP contribution in [0.3, 0.4) is 0 Å². The maximum atomic E-state index is 11.0. The van der Waals surface area contributed by atoms with Gasteiger partial charge in [-0.2, -0.15) is 0 Å². The van der Waals surface area contributed by atoms with Crippen molar-refractivity contribution in [3.8, 4) is 17.0 Å². The number of anilines is 1. The van der Waals surface area contributed by atoms with Gasteiger partial charge in [0.1, 0.15) is 5.75 Å². The molecule has 0 saturated heterocycles. The molecule has 2 rings (SSSR count). The Morgan fingerprint density at radius 1 is 1.42 bits per heavy atom. The number of carbonyl (C=O) groups is 2. The molecule has 0 radical (unpaired) electrons. The first kappa shape index (κ1) is 13.0. The van der Waals surface area contributed by atoms with Crippen molar-refractivity contribution < 1.29 is 19.4 Å². The molecule has 0 aliphatic carbocycles. The highest BCUT2D eigenvalue weighted by molar-refractivity contribution is 7.14. The van der Waals surface area contributed by atoms with Crippen LogP contribution in [0.1, 0.15) is 0 Å². The van der Waals surface area contributed by atoms with Gasteiger partial charge in [0.05, 0.1) is 12.8 Å². The van der Waals surface area contributed by atoms with Gasteiger partial charge in [-0.05, 0) is 12.1 Å². The number of carboxylic acids is 1. The maximum Gasteiger partial charge on any atom is 0.394 e. The highest BCUT2D eigenvalue weighted by atomic mass is 32.1. The van der Waals surface area contributed by atoms with Crippen LogP contribution >= 0.6 is 11.3 Å². The van der Waals surface area contributed by atoms with Gasteiger partial charge in [-0.25, -0.2) is 9.78 Å². The lowest BCUT2D eigenvalue weighted by molar-refractivity contribution is -0.147. The lowest BCUT2D eigenvalue weighted by Crippen LogP contribution is -2.21. The molecule has 19 heavy (non-hydrogen) atoms. The van der Waals surface area contributed by atoms with Crippen LogP contribution in [0.5, 0.6) is 5.75 Å². The molecule has 1 amide bonds. The number of aliphatic carboxylic acids is 1. The first-order valence-electron chi connectivity index (χ1n) is 5.24. The van der Waals surface area contributed by atoms with Crippen molar-refractivity contribution in [1.29, 1.82) is 0 Å². The quantitative estimate of drug-likeness (QED) is 0.836. The van der Waals surface area contributed by atoms with E-state index in [-0.39, 0.29) is 5.13 Å². The smallest absolute Gasteiger partial charge is 0.394 e. The number of hydrogen-bond donors (Lipinski definition) is 2. The normalized spacial score (nSPS) is 9.95. The van der Waals surface area contributed by atoms with Crippen molar-refractivity contribution in [3.05, 3.63) is 29.6 Å². The second-order valence-corrected chi connectivity index (χ2v) is 4.39. The Kier molecular flexibility index (Phi) is 3.76. The van der Waals surface area contributed by atoms with Gasteiger partial charge in [0.15, 0.2) is 5.13 Å². The number of hydrogen-bond acceptors (Lipinski definition) is 5. The van der Waals surface area contributed by atoms with Gasteiger partial charge in [-0.1, -0.05) is 12.1 Å². The number of methoxy groups -OCH3 is 1. The minimum atomic E-state index is -1.54. The monoisotopic (exact) mass is 278 g/mol. The van der Waals surface area contributed by atoms with E-state index in [1.54, 1.807) is 18.6 Å². The number of amides is 1. The Hall–Kier alpha value is -2.41. The average Bonchev–Trinajstić information content (AvgIpc) is 2.87. The van der Waals surface area contributed by atoms with E-state index < -0.39 is 11.9 Å². The number of nitrogens with zero attached hydrogens (tertiary/aromatic N) is 1. The molecular weight excluding hydrogens is 268 g/mol. The topological polar surface area (TPSA) is 88.5 Å². The molecule has 1 aromatic heterocycles. The standard InChI is InChI=1S/C12H10N2O4S/c1-18-8-4-2-3-7(5-8)9-6-19-12(13-9)14-10(15)11(16)17/h2-6H,1H3,(H,16,17)(H,13,14,15). The number of carbonyl (C=O) groups excluding carboxylic acids is 1. The Morgan fingerprint density at radius 2 is 2.21 bits per heavy atom. The number of carboxylic acid groups (broad SMARTS) is 1. The Labute approximate surface area is 112 Å². The number of rotatable bonds is 3. The van der Waals surface area contributed by atoms with Crippen molar-refractivity contribution in [2.24, 2.45) is 0 Å². The molecule has 0 bridgehead atoms. The van der Waals surface area contributed by atoms with Crippen LogP contribution in [0.15, 0.2) is 29.6 Å². The largest absolute Gasteiger partial charge is 0.497 e. The summed E-state index contributed by atoms with van der Waals surface area (Å²) in [5.74, 6) is -1.95. The summed E-state index contributed by atoms with van der Waals surface area (Å²) < 4.78 is 5.11. The Bertz CT molecular complexity index is 624. The van der Waals surface area contributed by atoms with Crippen molar-refractivity contribution in [2.75, 3.05) is 12.4 Å². The molecule has 2 aromatic rings. The van der Waals surface area contributed by atoms with E-state index in [2.05, 4.69) is 10.3 Å². The van der Waals surface area contributed by atoms with Gasteiger partial charge in [-0.15, -0.1) is 11.3 Å². The van der Waals surface area contributed by atoms with Crippen molar-refractivity contribution >= 4 is 28.3 Å².